The van der Waals surface area contributed by atoms with Gasteiger partial charge in [-0.3, -0.25) is 4.39 Å². The van der Waals surface area contributed by atoms with Crippen LogP contribution >= 0.6 is 0 Å². The molecule has 0 atom stereocenters. The fourth-order valence-corrected chi connectivity index (χ4v) is 0.589. The van der Waals surface area contributed by atoms with Gasteiger partial charge in [0, 0.05) is 0 Å². The Morgan fingerprint density at radius 1 is 0.923 bits per heavy atom. The van der Waals surface area contributed by atoms with E-state index >= 15 is 0 Å². The fourth-order valence-electron chi connectivity index (χ4n) is 0.589. The highest BCUT2D eigenvalue weighted by Crippen LogP contribution is 2.43. The molecule has 0 bridgehead atoms. The maximum absolute atomic E-state index is 12.7. The molecule has 0 rings (SSSR count). The van der Waals surface area contributed by atoms with Crippen LogP contribution in [-0.4, -0.2) is 18.8 Å². The molecule has 0 amide bonds. The van der Waals surface area contributed by atoms with Crippen molar-refractivity contribution in [3.05, 3.63) is 0 Å². The molecular weight excluding hydrogens is 198 g/mol. The summed E-state index contributed by atoms with van der Waals surface area (Å²) >= 11 is 0. The van der Waals surface area contributed by atoms with Gasteiger partial charge in [-0.2, -0.15) is 13.2 Å². The Balaban J connectivity index is 4.58. The molecule has 0 aliphatic rings. The average molecular weight is 208 g/mol. The monoisotopic (exact) mass is 208 g/mol. The smallest absolute Gasteiger partial charge is 0.250 e. The highest BCUT2D eigenvalue weighted by Gasteiger charge is 2.53. The van der Waals surface area contributed by atoms with Gasteiger partial charge in [0.15, 0.2) is 0 Å². The topological polar surface area (TPSA) is 0 Å². The minimum Gasteiger partial charge on any atom is -0.250 e. The van der Waals surface area contributed by atoms with E-state index in [0.717, 1.165) is 13.8 Å². The lowest BCUT2D eigenvalue weighted by atomic mass is 9.85. The van der Waals surface area contributed by atoms with Crippen molar-refractivity contribution >= 4 is 0 Å². The first-order chi connectivity index (χ1) is 5.52. The van der Waals surface area contributed by atoms with E-state index in [4.69, 9.17) is 0 Å². The van der Waals surface area contributed by atoms with Crippen molar-refractivity contribution in [3.63, 3.8) is 0 Å². The van der Waals surface area contributed by atoms with E-state index in [0.29, 0.717) is 0 Å². The summed E-state index contributed by atoms with van der Waals surface area (Å²) in [6.45, 7) is 0.0353. The van der Waals surface area contributed by atoms with E-state index < -0.39 is 30.6 Å². The minimum atomic E-state index is -4.98. The molecule has 0 radical (unpaired) electrons. The molecule has 0 saturated carbocycles. The minimum absolute atomic E-state index is 0.763. The van der Waals surface area contributed by atoms with Crippen LogP contribution < -0.4 is 0 Å². The second kappa shape index (κ2) is 3.38. The van der Waals surface area contributed by atoms with Crippen molar-refractivity contribution in [3.8, 4) is 0 Å². The Bertz CT molecular complexity index is 168. The second-order valence-corrected chi connectivity index (χ2v) is 3.51. The summed E-state index contributed by atoms with van der Waals surface area (Å²) in [5.74, 6) is -4.07. The summed E-state index contributed by atoms with van der Waals surface area (Å²) in [5.41, 5.74) is -2.28. The first kappa shape index (κ1) is 12.6. The molecule has 0 heterocycles. The lowest BCUT2D eigenvalue weighted by Gasteiger charge is -2.31. The van der Waals surface area contributed by atoms with Crippen molar-refractivity contribution in [1.29, 1.82) is 0 Å². The number of rotatable bonds is 3. The van der Waals surface area contributed by atoms with Gasteiger partial charge in [-0.05, 0) is 0 Å². The summed E-state index contributed by atoms with van der Waals surface area (Å²) in [7, 11) is 0. The molecule has 0 spiro atoms. The molecule has 0 aliphatic carbocycles. The Kier molecular flexibility index (Phi) is 3.27. The van der Waals surface area contributed by atoms with Crippen LogP contribution in [0.1, 0.15) is 20.3 Å². The zero-order chi connectivity index (χ0) is 10.9. The predicted molar refractivity (Wildman–Crippen MR) is 35.4 cm³/mol. The quantitative estimate of drug-likeness (QED) is 0.622. The average Bonchev–Trinajstić information content (AvgIpc) is 1.81. The van der Waals surface area contributed by atoms with Crippen LogP contribution in [0.15, 0.2) is 0 Å². The lowest BCUT2D eigenvalue weighted by Crippen LogP contribution is -2.41. The summed E-state index contributed by atoms with van der Waals surface area (Å²) < 4.78 is 72.3. The van der Waals surface area contributed by atoms with Crippen LogP contribution in [0.2, 0.25) is 0 Å². The van der Waals surface area contributed by atoms with E-state index in [1.165, 1.54) is 0 Å². The van der Waals surface area contributed by atoms with Gasteiger partial charge >= 0.3 is 6.18 Å². The molecule has 13 heavy (non-hydrogen) atoms. The van der Waals surface area contributed by atoms with Crippen molar-refractivity contribution in [2.75, 3.05) is 6.67 Å². The Labute approximate surface area is 71.9 Å². The van der Waals surface area contributed by atoms with E-state index in [1.807, 2.05) is 0 Å². The molecule has 0 fully saturated rings. The van der Waals surface area contributed by atoms with Crippen LogP contribution in [0.3, 0.4) is 0 Å². The Morgan fingerprint density at radius 3 is 1.54 bits per heavy atom. The van der Waals surface area contributed by atoms with Crippen LogP contribution in [0.5, 0.6) is 0 Å². The number of hydrogen-bond acceptors (Lipinski definition) is 0. The predicted octanol–water partition coefficient (Wildman–Crippen LogP) is 3.57. The molecule has 0 saturated heterocycles. The number of hydrogen-bond donors (Lipinski definition) is 0. The summed E-state index contributed by atoms with van der Waals surface area (Å²) in [5, 5.41) is 0. The van der Waals surface area contributed by atoms with Crippen LogP contribution in [-0.2, 0) is 0 Å². The normalized spacial score (nSPS) is 14.8. The zero-order valence-electron chi connectivity index (χ0n) is 7.18. The highest BCUT2D eigenvalue weighted by atomic mass is 19.4. The van der Waals surface area contributed by atoms with Gasteiger partial charge in [0.05, 0.1) is 5.41 Å². The van der Waals surface area contributed by atoms with Crippen molar-refractivity contribution in [2.24, 2.45) is 5.41 Å². The van der Waals surface area contributed by atoms with Gasteiger partial charge in [0.2, 0.25) is 0 Å². The standard InChI is InChI=1S/C7H10F6/c1-5(2,4-8)6(9,10)3-7(11,12)13/h3-4H2,1-2H3. The molecule has 0 aromatic carbocycles. The first-order valence-electron chi connectivity index (χ1n) is 3.52. The van der Waals surface area contributed by atoms with Gasteiger partial charge in [-0.1, -0.05) is 13.8 Å². The third-order valence-electron chi connectivity index (χ3n) is 1.75. The summed E-state index contributed by atoms with van der Waals surface area (Å²) in [6, 6.07) is 0. The van der Waals surface area contributed by atoms with Gasteiger partial charge in [0.25, 0.3) is 5.92 Å². The van der Waals surface area contributed by atoms with Crippen LogP contribution in [0, 0.1) is 5.41 Å². The third-order valence-corrected chi connectivity index (χ3v) is 1.75. The van der Waals surface area contributed by atoms with Crippen molar-refractivity contribution < 1.29 is 26.3 Å². The van der Waals surface area contributed by atoms with Crippen molar-refractivity contribution in [1.82, 2.24) is 0 Å². The van der Waals surface area contributed by atoms with Crippen LogP contribution in [0.4, 0.5) is 26.3 Å². The maximum atomic E-state index is 12.7. The van der Waals surface area contributed by atoms with Gasteiger partial charge in [-0.25, -0.2) is 8.78 Å². The molecule has 0 unspecified atom stereocenters. The largest absolute Gasteiger partial charge is 0.394 e. The van der Waals surface area contributed by atoms with Crippen LogP contribution in [0.25, 0.3) is 0 Å². The molecule has 0 N–H and O–H groups in total. The maximum Gasteiger partial charge on any atom is 0.394 e. The molecule has 6 heteroatoms. The van der Waals surface area contributed by atoms with E-state index in [2.05, 4.69) is 0 Å². The molecule has 0 aliphatic heterocycles. The molecule has 0 aromatic rings. The van der Waals surface area contributed by atoms with Crippen molar-refractivity contribution in [2.45, 2.75) is 32.4 Å². The molecular formula is C7H10F6. The summed E-state index contributed by atoms with van der Waals surface area (Å²) in [4.78, 5) is 0. The van der Waals surface area contributed by atoms with Gasteiger partial charge in [-0.15, -0.1) is 0 Å². The third kappa shape index (κ3) is 3.44. The molecule has 0 nitrogen and oxygen atoms in total. The molecule has 0 aromatic heterocycles. The zero-order valence-corrected chi connectivity index (χ0v) is 7.18. The fraction of sp³-hybridized carbons (Fsp3) is 1.00. The Hall–Kier alpha value is -0.420. The SMILES string of the molecule is CC(C)(CF)C(F)(F)CC(F)(F)F. The number of halogens is 6. The number of alkyl halides is 6. The van der Waals surface area contributed by atoms with Gasteiger partial charge < -0.3 is 0 Å². The summed E-state index contributed by atoms with van der Waals surface area (Å²) in [6.07, 6.45) is -7.26. The van der Waals surface area contributed by atoms with Gasteiger partial charge in [0.1, 0.15) is 13.1 Å². The Morgan fingerprint density at radius 2 is 1.31 bits per heavy atom. The lowest BCUT2D eigenvalue weighted by molar-refractivity contribution is -0.220. The van der Waals surface area contributed by atoms with E-state index in [-0.39, 0.29) is 0 Å². The second-order valence-electron chi connectivity index (χ2n) is 3.51. The molecule has 80 valence electrons. The highest BCUT2D eigenvalue weighted by molar-refractivity contribution is 4.86. The van der Waals surface area contributed by atoms with E-state index in [1.54, 1.807) is 0 Å². The van der Waals surface area contributed by atoms with E-state index in [9.17, 15) is 26.3 Å². The first-order valence-corrected chi connectivity index (χ1v) is 3.52.